The molecule has 162 valence electrons. The van der Waals surface area contributed by atoms with Crippen molar-refractivity contribution < 1.29 is 14.3 Å². The Morgan fingerprint density at radius 2 is 2.16 bits per heavy atom. The lowest BCUT2D eigenvalue weighted by atomic mass is 10.0. The summed E-state index contributed by atoms with van der Waals surface area (Å²) < 4.78 is 15.0. The average Bonchev–Trinajstić information content (AvgIpc) is 3.57. The number of aromatic nitrogens is 4. The lowest BCUT2D eigenvalue weighted by Crippen LogP contribution is -2.37. The third-order valence-electron chi connectivity index (χ3n) is 5.53. The van der Waals surface area contributed by atoms with Gasteiger partial charge in [-0.2, -0.15) is 0 Å². The number of urea groups is 1. The minimum Gasteiger partial charge on any atom is -0.395 e. The number of anilines is 2. The average molecular weight is 432 g/mol. The molecule has 0 spiro atoms. The molecule has 9 heteroatoms. The van der Waals surface area contributed by atoms with Crippen LogP contribution in [0.3, 0.4) is 0 Å². The standard InChI is InChI=1S/C23H21FN6O2/c24-18-10-15(21-20-17(14-3-4-14)12-26-22(20)28-13-27-21)5-6-19(18)29-23(32)30(8-9-31)16-2-1-7-25-11-16/h1-2,5-7,10-14,31H,3-4,8-9H2,(H,29,32)(H,26,27,28). The van der Waals surface area contributed by atoms with Gasteiger partial charge in [0.05, 0.1) is 36.4 Å². The van der Waals surface area contributed by atoms with Crippen LogP contribution in [0.2, 0.25) is 0 Å². The van der Waals surface area contributed by atoms with E-state index in [1.165, 1.54) is 29.6 Å². The first kappa shape index (κ1) is 20.1. The number of fused-ring (bicyclic) bond motifs is 1. The molecular formula is C23H21FN6O2. The van der Waals surface area contributed by atoms with Crippen molar-refractivity contribution in [1.29, 1.82) is 0 Å². The summed E-state index contributed by atoms with van der Waals surface area (Å²) in [5.74, 6) is -0.0943. The van der Waals surface area contributed by atoms with E-state index in [0.29, 0.717) is 22.9 Å². The number of carbonyl (C=O) groups excluding carboxylic acids is 1. The van der Waals surface area contributed by atoms with Gasteiger partial charge < -0.3 is 15.4 Å². The number of halogens is 1. The van der Waals surface area contributed by atoms with Crippen molar-refractivity contribution in [2.24, 2.45) is 0 Å². The van der Waals surface area contributed by atoms with Gasteiger partial charge in [-0.3, -0.25) is 9.88 Å². The maximum atomic E-state index is 15.0. The maximum Gasteiger partial charge on any atom is 0.326 e. The molecule has 1 saturated carbocycles. The fourth-order valence-electron chi connectivity index (χ4n) is 3.83. The number of aliphatic hydroxyl groups excluding tert-OH is 1. The Hall–Kier alpha value is -3.85. The van der Waals surface area contributed by atoms with Gasteiger partial charge in [-0.15, -0.1) is 0 Å². The van der Waals surface area contributed by atoms with E-state index < -0.39 is 11.8 Å². The number of carbonyl (C=O) groups is 1. The Labute approximate surface area is 183 Å². The smallest absolute Gasteiger partial charge is 0.326 e. The highest BCUT2D eigenvalue weighted by Gasteiger charge is 2.28. The highest BCUT2D eigenvalue weighted by Crippen LogP contribution is 2.44. The van der Waals surface area contributed by atoms with Crippen LogP contribution in [0, 0.1) is 5.82 Å². The SMILES string of the molecule is O=C(Nc1ccc(-c2ncnc3[nH]cc(C4CC4)c23)cc1F)N(CCO)c1cccnc1. The molecule has 1 fully saturated rings. The third-order valence-corrected chi connectivity index (χ3v) is 5.53. The number of nitrogens with one attached hydrogen (secondary N) is 2. The minimum absolute atomic E-state index is 0.0346. The van der Waals surface area contributed by atoms with E-state index in [-0.39, 0.29) is 18.8 Å². The van der Waals surface area contributed by atoms with Crippen molar-refractivity contribution in [2.45, 2.75) is 18.8 Å². The minimum atomic E-state index is -0.582. The summed E-state index contributed by atoms with van der Waals surface area (Å²) in [4.78, 5) is 29.9. The van der Waals surface area contributed by atoms with E-state index in [2.05, 4.69) is 25.3 Å². The second-order valence-electron chi connectivity index (χ2n) is 7.68. The van der Waals surface area contributed by atoms with Gasteiger partial charge >= 0.3 is 6.03 Å². The lowest BCUT2D eigenvalue weighted by Gasteiger charge is -2.22. The summed E-state index contributed by atoms with van der Waals surface area (Å²) in [6.07, 6.45) is 8.76. The second kappa shape index (κ2) is 8.35. The fourth-order valence-corrected chi connectivity index (χ4v) is 3.83. The quantitative estimate of drug-likeness (QED) is 0.426. The molecule has 1 aromatic carbocycles. The number of nitrogens with zero attached hydrogens (tertiary/aromatic N) is 4. The first-order chi connectivity index (χ1) is 15.7. The largest absolute Gasteiger partial charge is 0.395 e. The van der Waals surface area contributed by atoms with Crippen molar-refractivity contribution in [2.75, 3.05) is 23.4 Å². The van der Waals surface area contributed by atoms with Crippen LogP contribution in [0.1, 0.15) is 24.3 Å². The van der Waals surface area contributed by atoms with Crippen molar-refractivity contribution in [3.8, 4) is 11.3 Å². The number of hydrogen-bond donors (Lipinski definition) is 3. The number of benzene rings is 1. The van der Waals surface area contributed by atoms with Crippen LogP contribution in [-0.2, 0) is 0 Å². The summed E-state index contributed by atoms with van der Waals surface area (Å²) in [6.45, 7) is -0.193. The highest BCUT2D eigenvalue weighted by molar-refractivity contribution is 6.02. The summed E-state index contributed by atoms with van der Waals surface area (Å²) in [5, 5.41) is 12.8. The summed E-state index contributed by atoms with van der Waals surface area (Å²) in [5.41, 5.74) is 3.68. The molecule has 5 rings (SSSR count). The van der Waals surface area contributed by atoms with E-state index in [9.17, 15) is 14.3 Å². The van der Waals surface area contributed by atoms with E-state index in [4.69, 9.17) is 0 Å². The van der Waals surface area contributed by atoms with Crippen molar-refractivity contribution >= 4 is 28.4 Å². The molecule has 32 heavy (non-hydrogen) atoms. The van der Waals surface area contributed by atoms with Gasteiger partial charge in [0.2, 0.25) is 0 Å². The van der Waals surface area contributed by atoms with E-state index >= 15 is 0 Å². The first-order valence-corrected chi connectivity index (χ1v) is 10.4. The maximum absolute atomic E-state index is 15.0. The zero-order valence-electron chi connectivity index (χ0n) is 17.1. The van der Waals surface area contributed by atoms with Crippen LogP contribution < -0.4 is 10.2 Å². The number of aliphatic hydroxyl groups is 1. The number of hydrogen-bond acceptors (Lipinski definition) is 5. The van der Waals surface area contributed by atoms with Gasteiger partial charge in [-0.05, 0) is 48.6 Å². The molecule has 4 aromatic rings. The lowest BCUT2D eigenvalue weighted by molar-refractivity contribution is 0.252. The highest BCUT2D eigenvalue weighted by atomic mass is 19.1. The van der Waals surface area contributed by atoms with Crippen LogP contribution in [0.5, 0.6) is 0 Å². The van der Waals surface area contributed by atoms with E-state index in [1.807, 2.05) is 6.20 Å². The van der Waals surface area contributed by atoms with Crippen LogP contribution in [-0.4, -0.2) is 44.2 Å². The number of pyridine rings is 1. The molecule has 2 amide bonds. The predicted octanol–water partition coefficient (Wildman–Crippen LogP) is 4.07. The monoisotopic (exact) mass is 432 g/mol. The molecule has 1 aliphatic carbocycles. The van der Waals surface area contributed by atoms with Gasteiger partial charge in [0, 0.05) is 23.3 Å². The van der Waals surface area contributed by atoms with E-state index in [0.717, 1.165) is 29.4 Å². The van der Waals surface area contributed by atoms with Gasteiger partial charge in [0.1, 0.15) is 17.8 Å². The molecule has 0 saturated heterocycles. The normalized spacial score (nSPS) is 13.3. The molecule has 3 aromatic heterocycles. The fraction of sp³-hybridized carbons (Fsp3) is 0.217. The molecule has 0 atom stereocenters. The van der Waals surface area contributed by atoms with Gasteiger partial charge in [0.15, 0.2) is 0 Å². The van der Waals surface area contributed by atoms with Crippen LogP contribution >= 0.6 is 0 Å². The Kier molecular flexibility index (Phi) is 5.24. The topological polar surface area (TPSA) is 107 Å². The first-order valence-electron chi connectivity index (χ1n) is 10.4. The summed E-state index contributed by atoms with van der Waals surface area (Å²) >= 11 is 0. The Bertz CT molecular complexity index is 1270. The van der Waals surface area contributed by atoms with Gasteiger partial charge in [-0.1, -0.05) is 6.07 Å². The molecule has 1 aliphatic rings. The molecular weight excluding hydrogens is 411 g/mol. The van der Waals surface area contributed by atoms with Gasteiger partial charge in [-0.25, -0.2) is 19.2 Å². The van der Waals surface area contributed by atoms with Crippen molar-refractivity contribution in [3.05, 3.63) is 66.6 Å². The Balaban J connectivity index is 1.43. The number of H-pyrrole nitrogens is 1. The van der Waals surface area contributed by atoms with E-state index in [1.54, 1.807) is 24.4 Å². The molecule has 0 aliphatic heterocycles. The Morgan fingerprint density at radius 3 is 2.88 bits per heavy atom. The van der Waals surface area contributed by atoms with Crippen molar-refractivity contribution in [3.63, 3.8) is 0 Å². The van der Waals surface area contributed by atoms with Crippen LogP contribution in [0.25, 0.3) is 22.3 Å². The van der Waals surface area contributed by atoms with Gasteiger partial charge in [0.25, 0.3) is 0 Å². The molecule has 3 N–H and O–H groups in total. The van der Waals surface area contributed by atoms with Crippen LogP contribution in [0.15, 0.2) is 55.2 Å². The molecule has 0 unspecified atom stereocenters. The summed E-state index contributed by atoms with van der Waals surface area (Å²) in [6, 6.07) is 7.41. The molecule has 0 bridgehead atoms. The Morgan fingerprint density at radius 1 is 1.28 bits per heavy atom. The zero-order chi connectivity index (χ0) is 22.1. The third kappa shape index (κ3) is 3.78. The zero-order valence-corrected chi connectivity index (χ0v) is 17.1. The number of amides is 2. The number of rotatable bonds is 6. The summed E-state index contributed by atoms with van der Waals surface area (Å²) in [7, 11) is 0. The predicted molar refractivity (Wildman–Crippen MR) is 119 cm³/mol. The molecule has 8 nitrogen and oxygen atoms in total. The number of aromatic amines is 1. The molecule has 3 heterocycles. The van der Waals surface area contributed by atoms with Crippen LogP contribution in [0.4, 0.5) is 20.6 Å². The van der Waals surface area contributed by atoms with Crippen molar-refractivity contribution in [1.82, 2.24) is 19.9 Å². The second-order valence-corrected chi connectivity index (χ2v) is 7.68. The molecule has 0 radical (unpaired) electrons.